The molecule has 0 aliphatic rings. The highest BCUT2D eigenvalue weighted by Crippen LogP contribution is 2.28. The van der Waals surface area contributed by atoms with Gasteiger partial charge in [0.25, 0.3) is 0 Å². The van der Waals surface area contributed by atoms with E-state index in [1.54, 1.807) is 19.2 Å². The third kappa shape index (κ3) is 3.09. The molecular formula is C11H16O3Si. The zero-order valence-corrected chi connectivity index (χ0v) is 10.5. The van der Waals surface area contributed by atoms with Gasteiger partial charge in [-0.1, -0.05) is 6.07 Å². The number of rotatable bonds is 4. The Morgan fingerprint density at radius 3 is 2.27 bits per heavy atom. The van der Waals surface area contributed by atoms with E-state index in [1.165, 1.54) is 0 Å². The van der Waals surface area contributed by atoms with Gasteiger partial charge in [0.1, 0.15) is 11.5 Å². The van der Waals surface area contributed by atoms with E-state index in [1.807, 2.05) is 6.07 Å². The topological polar surface area (TPSA) is 35.5 Å². The van der Waals surface area contributed by atoms with Crippen molar-refractivity contribution in [1.82, 2.24) is 0 Å². The predicted molar refractivity (Wildman–Crippen MR) is 62.4 cm³/mol. The van der Waals surface area contributed by atoms with Gasteiger partial charge >= 0.3 is 0 Å². The van der Waals surface area contributed by atoms with Crippen LogP contribution in [0.25, 0.3) is 0 Å². The number of hydrogen-bond donors (Lipinski definition) is 0. The third-order valence-electron chi connectivity index (χ3n) is 1.78. The molecule has 0 unspecified atom stereocenters. The highest BCUT2D eigenvalue weighted by atomic mass is 28.4. The molecule has 15 heavy (non-hydrogen) atoms. The lowest BCUT2D eigenvalue weighted by atomic mass is 10.2. The van der Waals surface area contributed by atoms with Crippen molar-refractivity contribution in [3.8, 4) is 11.5 Å². The van der Waals surface area contributed by atoms with Crippen LogP contribution in [0.15, 0.2) is 18.2 Å². The normalized spacial score (nSPS) is 10.9. The Labute approximate surface area is 91.1 Å². The van der Waals surface area contributed by atoms with Crippen LogP contribution in [0.1, 0.15) is 10.4 Å². The first-order valence-corrected chi connectivity index (χ1v) is 8.20. The summed E-state index contributed by atoms with van der Waals surface area (Å²) < 4.78 is 10.9. The fraction of sp³-hybridized carbons (Fsp3) is 0.364. The summed E-state index contributed by atoms with van der Waals surface area (Å²) in [5.74, 6) is 1.17. The predicted octanol–water partition coefficient (Wildman–Crippen LogP) is 2.72. The maximum absolute atomic E-state index is 10.9. The average Bonchev–Trinajstić information content (AvgIpc) is 2.15. The Kier molecular flexibility index (Phi) is 3.52. The molecule has 0 saturated carbocycles. The molecule has 3 nitrogen and oxygen atoms in total. The van der Waals surface area contributed by atoms with Crippen LogP contribution < -0.4 is 9.16 Å². The minimum atomic E-state index is -1.70. The van der Waals surface area contributed by atoms with Gasteiger partial charge in [0, 0.05) is 0 Å². The van der Waals surface area contributed by atoms with Gasteiger partial charge in [-0.2, -0.15) is 0 Å². The fourth-order valence-electron chi connectivity index (χ4n) is 1.24. The summed E-state index contributed by atoms with van der Waals surface area (Å²) in [7, 11) is -0.154. The summed E-state index contributed by atoms with van der Waals surface area (Å²) in [5, 5.41) is 0. The zero-order valence-electron chi connectivity index (χ0n) is 9.53. The van der Waals surface area contributed by atoms with Gasteiger partial charge in [-0.05, 0) is 31.8 Å². The lowest BCUT2D eigenvalue weighted by Crippen LogP contribution is -2.29. The largest absolute Gasteiger partial charge is 0.544 e. The molecule has 0 amide bonds. The second kappa shape index (κ2) is 4.48. The third-order valence-corrected chi connectivity index (χ3v) is 2.61. The number of hydrogen-bond acceptors (Lipinski definition) is 3. The van der Waals surface area contributed by atoms with Gasteiger partial charge in [-0.15, -0.1) is 0 Å². The van der Waals surface area contributed by atoms with E-state index in [4.69, 9.17) is 9.16 Å². The SMILES string of the molecule is COc1cccc(O[Si](C)(C)C)c1C=O. The lowest BCUT2D eigenvalue weighted by molar-refractivity contribution is 0.111. The molecule has 0 spiro atoms. The summed E-state index contributed by atoms with van der Waals surface area (Å²) >= 11 is 0. The van der Waals surface area contributed by atoms with E-state index in [-0.39, 0.29) is 0 Å². The maximum atomic E-state index is 10.9. The quantitative estimate of drug-likeness (QED) is 0.582. The van der Waals surface area contributed by atoms with Crippen molar-refractivity contribution in [3.63, 3.8) is 0 Å². The summed E-state index contributed by atoms with van der Waals surface area (Å²) in [6.45, 7) is 6.21. The molecule has 0 aromatic heterocycles. The first-order chi connectivity index (χ1) is 6.98. The fourth-order valence-corrected chi connectivity index (χ4v) is 2.07. The molecule has 0 aliphatic carbocycles. The Balaban J connectivity index is 3.12. The van der Waals surface area contributed by atoms with Crippen LogP contribution >= 0.6 is 0 Å². The minimum absolute atomic E-state index is 0.488. The summed E-state index contributed by atoms with van der Waals surface area (Å²) in [4.78, 5) is 10.9. The molecule has 0 aliphatic heterocycles. The van der Waals surface area contributed by atoms with Gasteiger partial charge in [-0.25, -0.2) is 0 Å². The lowest BCUT2D eigenvalue weighted by Gasteiger charge is -2.21. The van der Waals surface area contributed by atoms with E-state index in [2.05, 4.69) is 19.6 Å². The van der Waals surface area contributed by atoms with Crippen LogP contribution in [0.3, 0.4) is 0 Å². The molecule has 1 aromatic carbocycles. The van der Waals surface area contributed by atoms with Crippen LogP contribution in [0, 0.1) is 0 Å². The van der Waals surface area contributed by atoms with E-state index in [0.717, 1.165) is 6.29 Å². The van der Waals surface area contributed by atoms with Crippen molar-refractivity contribution in [2.24, 2.45) is 0 Å². The number of carbonyl (C=O) groups excluding carboxylic acids is 1. The zero-order chi connectivity index (χ0) is 11.5. The van der Waals surface area contributed by atoms with Crippen molar-refractivity contribution < 1.29 is 14.0 Å². The van der Waals surface area contributed by atoms with Crippen LogP contribution in [-0.2, 0) is 0 Å². The van der Waals surface area contributed by atoms with Gasteiger partial charge in [0.05, 0.1) is 12.7 Å². The minimum Gasteiger partial charge on any atom is -0.544 e. The summed E-state index contributed by atoms with van der Waals surface area (Å²) in [6, 6.07) is 5.37. The number of carbonyl (C=O) groups is 1. The Morgan fingerprint density at radius 1 is 1.20 bits per heavy atom. The van der Waals surface area contributed by atoms with Crippen molar-refractivity contribution >= 4 is 14.6 Å². The van der Waals surface area contributed by atoms with E-state index in [0.29, 0.717) is 17.1 Å². The van der Waals surface area contributed by atoms with Crippen molar-refractivity contribution in [2.45, 2.75) is 19.6 Å². The van der Waals surface area contributed by atoms with Crippen molar-refractivity contribution in [1.29, 1.82) is 0 Å². The second-order valence-corrected chi connectivity index (χ2v) is 8.63. The Bertz CT molecular complexity index is 355. The monoisotopic (exact) mass is 224 g/mol. The smallest absolute Gasteiger partial charge is 0.242 e. The number of benzene rings is 1. The Morgan fingerprint density at radius 2 is 1.80 bits per heavy atom. The summed E-state index contributed by atoms with van der Waals surface area (Å²) in [5.41, 5.74) is 0.488. The molecule has 4 heteroatoms. The van der Waals surface area contributed by atoms with Crippen molar-refractivity contribution in [2.75, 3.05) is 7.11 Å². The first-order valence-electron chi connectivity index (χ1n) is 4.79. The van der Waals surface area contributed by atoms with Gasteiger partial charge in [-0.3, -0.25) is 4.79 Å². The van der Waals surface area contributed by atoms with E-state index < -0.39 is 8.32 Å². The van der Waals surface area contributed by atoms with Gasteiger partial charge < -0.3 is 9.16 Å². The van der Waals surface area contributed by atoms with E-state index >= 15 is 0 Å². The highest BCUT2D eigenvalue weighted by molar-refractivity contribution is 6.70. The number of aldehydes is 1. The maximum Gasteiger partial charge on any atom is 0.242 e. The molecule has 0 heterocycles. The summed E-state index contributed by atoms with van der Waals surface area (Å²) in [6.07, 6.45) is 0.772. The van der Waals surface area contributed by atoms with Gasteiger partial charge in [0.2, 0.25) is 8.32 Å². The molecule has 0 fully saturated rings. The molecule has 0 saturated heterocycles. The van der Waals surface area contributed by atoms with Crippen LogP contribution in [0.4, 0.5) is 0 Å². The molecule has 82 valence electrons. The standard InChI is InChI=1S/C11H16O3Si/c1-13-10-6-5-7-11(9(10)8-12)14-15(2,3)4/h5-8H,1-4H3. The molecule has 0 atom stereocenters. The molecule has 0 bridgehead atoms. The van der Waals surface area contributed by atoms with E-state index in [9.17, 15) is 4.79 Å². The average molecular weight is 224 g/mol. The number of methoxy groups -OCH3 is 1. The Hall–Kier alpha value is -1.29. The molecule has 1 aromatic rings. The molecular weight excluding hydrogens is 208 g/mol. The van der Waals surface area contributed by atoms with Crippen LogP contribution in [0.5, 0.6) is 11.5 Å². The van der Waals surface area contributed by atoms with Gasteiger partial charge in [0.15, 0.2) is 6.29 Å². The number of ether oxygens (including phenoxy) is 1. The van der Waals surface area contributed by atoms with Crippen LogP contribution in [-0.4, -0.2) is 21.7 Å². The van der Waals surface area contributed by atoms with Crippen LogP contribution in [0.2, 0.25) is 19.6 Å². The molecule has 0 N–H and O–H groups in total. The first kappa shape index (κ1) is 11.8. The second-order valence-electron chi connectivity index (χ2n) is 4.20. The molecule has 0 radical (unpaired) electrons. The van der Waals surface area contributed by atoms with Crippen molar-refractivity contribution in [3.05, 3.63) is 23.8 Å². The molecule has 1 rings (SSSR count). The highest BCUT2D eigenvalue weighted by Gasteiger charge is 2.19.